The molecule has 3 N–H and O–H groups in total. The van der Waals surface area contributed by atoms with E-state index in [1.165, 1.54) is 25.3 Å². The monoisotopic (exact) mass is 323 g/mol. The second-order valence-electron chi connectivity index (χ2n) is 5.60. The number of ether oxygens (including phenoxy) is 1. The van der Waals surface area contributed by atoms with Crippen molar-refractivity contribution in [2.75, 3.05) is 27.2 Å². The van der Waals surface area contributed by atoms with Gasteiger partial charge in [-0.25, -0.2) is 9.18 Å². The lowest BCUT2D eigenvalue weighted by Crippen LogP contribution is -2.42. The largest absolute Gasteiger partial charge is 0.453 e. The predicted molar refractivity (Wildman–Crippen MR) is 83.7 cm³/mol. The van der Waals surface area contributed by atoms with Crippen LogP contribution in [0.25, 0.3) is 0 Å². The number of hydrogen-bond acceptors (Lipinski definition) is 4. The van der Waals surface area contributed by atoms with Gasteiger partial charge in [0.15, 0.2) is 0 Å². The molecule has 1 aliphatic heterocycles. The second kappa shape index (κ2) is 7.41. The molecule has 2 rings (SSSR count). The van der Waals surface area contributed by atoms with Crippen molar-refractivity contribution in [3.63, 3.8) is 0 Å². The van der Waals surface area contributed by atoms with E-state index in [0.717, 1.165) is 0 Å². The SMILES string of the molecule is CNCC[C@@]1(CCCNC(=O)OC)NC(=O)c2ccc(F)cc21. The fourth-order valence-electron chi connectivity index (χ4n) is 2.97. The molecular formula is C16H22FN3O3. The van der Waals surface area contributed by atoms with Crippen molar-refractivity contribution in [2.45, 2.75) is 24.8 Å². The van der Waals surface area contributed by atoms with Crippen LogP contribution in [0.4, 0.5) is 9.18 Å². The van der Waals surface area contributed by atoms with Crippen molar-refractivity contribution < 1.29 is 18.7 Å². The molecule has 0 bridgehead atoms. The number of rotatable bonds is 7. The maximum absolute atomic E-state index is 13.7. The highest BCUT2D eigenvalue weighted by Gasteiger charge is 2.42. The van der Waals surface area contributed by atoms with Gasteiger partial charge in [0.2, 0.25) is 0 Å². The van der Waals surface area contributed by atoms with Gasteiger partial charge in [-0.15, -0.1) is 0 Å². The van der Waals surface area contributed by atoms with Crippen LogP contribution in [0, 0.1) is 5.82 Å². The molecule has 1 atom stereocenters. The van der Waals surface area contributed by atoms with Crippen LogP contribution in [0.1, 0.15) is 35.2 Å². The summed E-state index contributed by atoms with van der Waals surface area (Å²) in [5.74, 6) is -0.543. The minimum absolute atomic E-state index is 0.183. The van der Waals surface area contributed by atoms with Crippen molar-refractivity contribution in [2.24, 2.45) is 0 Å². The van der Waals surface area contributed by atoms with E-state index in [4.69, 9.17) is 0 Å². The molecule has 1 aromatic rings. The molecule has 0 aromatic heterocycles. The normalized spacial score (nSPS) is 19.2. The van der Waals surface area contributed by atoms with Crippen LogP contribution in [-0.4, -0.2) is 39.2 Å². The number of fused-ring (bicyclic) bond motifs is 1. The van der Waals surface area contributed by atoms with E-state index in [0.29, 0.717) is 43.5 Å². The highest BCUT2D eigenvalue weighted by atomic mass is 19.1. The Morgan fingerprint density at radius 1 is 1.35 bits per heavy atom. The van der Waals surface area contributed by atoms with Crippen LogP contribution in [0.5, 0.6) is 0 Å². The van der Waals surface area contributed by atoms with Gasteiger partial charge in [-0.05, 0) is 56.6 Å². The zero-order chi connectivity index (χ0) is 16.9. The third-order valence-electron chi connectivity index (χ3n) is 4.13. The molecule has 126 valence electrons. The fraction of sp³-hybridized carbons (Fsp3) is 0.500. The number of alkyl carbamates (subject to hydrolysis) is 1. The van der Waals surface area contributed by atoms with Gasteiger partial charge in [0.1, 0.15) is 5.82 Å². The van der Waals surface area contributed by atoms with Crippen molar-refractivity contribution in [3.8, 4) is 0 Å². The molecule has 0 fully saturated rings. The molecule has 0 saturated carbocycles. The zero-order valence-corrected chi connectivity index (χ0v) is 13.4. The van der Waals surface area contributed by atoms with Crippen molar-refractivity contribution in [3.05, 3.63) is 35.1 Å². The second-order valence-corrected chi connectivity index (χ2v) is 5.60. The van der Waals surface area contributed by atoms with Crippen LogP contribution in [0.15, 0.2) is 18.2 Å². The Morgan fingerprint density at radius 2 is 2.13 bits per heavy atom. The summed E-state index contributed by atoms with van der Waals surface area (Å²) in [6.07, 6.45) is 1.39. The summed E-state index contributed by atoms with van der Waals surface area (Å²) in [5, 5.41) is 8.68. The van der Waals surface area contributed by atoms with Gasteiger partial charge in [-0.1, -0.05) is 0 Å². The Labute approximate surface area is 134 Å². The summed E-state index contributed by atoms with van der Waals surface area (Å²) >= 11 is 0. The van der Waals surface area contributed by atoms with Gasteiger partial charge in [0.25, 0.3) is 5.91 Å². The molecule has 0 aliphatic carbocycles. The molecule has 1 heterocycles. The van der Waals surface area contributed by atoms with Crippen LogP contribution in [0.2, 0.25) is 0 Å². The molecule has 1 aliphatic rings. The molecule has 23 heavy (non-hydrogen) atoms. The first-order chi connectivity index (χ1) is 11.0. The number of amides is 2. The Morgan fingerprint density at radius 3 is 2.83 bits per heavy atom. The summed E-state index contributed by atoms with van der Waals surface area (Å²) in [6, 6.07) is 4.25. The summed E-state index contributed by atoms with van der Waals surface area (Å²) < 4.78 is 18.2. The predicted octanol–water partition coefficient (Wildman–Crippen LogP) is 1.51. The number of halogens is 1. The highest BCUT2D eigenvalue weighted by molar-refractivity contribution is 6.00. The third-order valence-corrected chi connectivity index (χ3v) is 4.13. The first-order valence-corrected chi connectivity index (χ1v) is 7.61. The Hall–Kier alpha value is -2.15. The Balaban J connectivity index is 2.16. The zero-order valence-electron chi connectivity index (χ0n) is 13.4. The van der Waals surface area contributed by atoms with E-state index in [9.17, 15) is 14.0 Å². The fourth-order valence-corrected chi connectivity index (χ4v) is 2.97. The van der Waals surface area contributed by atoms with Gasteiger partial charge in [0, 0.05) is 12.1 Å². The summed E-state index contributed by atoms with van der Waals surface area (Å²) in [5.41, 5.74) is 0.592. The molecule has 0 unspecified atom stereocenters. The van der Waals surface area contributed by atoms with Crippen molar-refractivity contribution >= 4 is 12.0 Å². The van der Waals surface area contributed by atoms with E-state index in [1.54, 1.807) is 0 Å². The lowest BCUT2D eigenvalue weighted by Gasteiger charge is -2.31. The number of nitrogens with one attached hydrogen (secondary N) is 3. The number of carbonyl (C=O) groups is 2. The van der Waals surface area contributed by atoms with Gasteiger partial charge in [-0.2, -0.15) is 0 Å². The molecule has 0 radical (unpaired) electrons. The highest BCUT2D eigenvalue weighted by Crippen LogP contribution is 2.38. The molecule has 0 spiro atoms. The summed E-state index contributed by atoms with van der Waals surface area (Å²) in [4.78, 5) is 23.3. The topological polar surface area (TPSA) is 79.5 Å². The van der Waals surface area contributed by atoms with E-state index < -0.39 is 11.6 Å². The van der Waals surface area contributed by atoms with Crippen LogP contribution in [0.3, 0.4) is 0 Å². The van der Waals surface area contributed by atoms with Gasteiger partial charge < -0.3 is 20.7 Å². The maximum atomic E-state index is 13.7. The van der Waals surface area contributed by atoms with Gasteiger partial charge in [-0.3, -0.25) is 4.79 Å². The Bertz CT molecular complexity index is 594. The molecule has 6 nitrogen and oxygen atoms in total. The average molecular weight is 323 g/mol. The first kappa shape index (κ1) is 17.2. The van der Waals surface area contributed by atoms with Crippen LogP contribution < -0.4 is 16.0 Å². The average Bonchev–Trinajstić information content (AvgIpc) is 2.81. The van der Waals surface area contributed by atoms with E-state index in [1.807, 2.05) is 7.05 Å². The van der Waals surface area contributed by atoms with Crippen molar-refractivity contribution in [1.82, 2.24) is 16.0 Å². The number of methoxy groups -OCH3 is 1. The molecule has 7 heteroatoms. The van der Waals surface area contributed by atoms with Crippen LogP contribution in [-0.2, 0) is 10.3 Å². The molecule has 1 aromatic carbocycles. The van der Waals surface area contributed by atoms with E-state index >= 15 is 0 Å². The number of carbonyl (C=O) groups excluding carboxylic acids is 2. The Kier molecular flexibility index (Phi) is 5.54. The minimum atomic E-state index is -0.616. The number of benzene rings is 1. The summed E-state index contributed by atoms with van der Waals surface area (Å²) in [6.45, 7) is 1.11. The van der Waals surface area contributed by atoms with Crippen LogP contribution >= 0.6 is 0 Å². The molecular weight excluding hydrogens is 301 g/mol. The van der Waals surface area contributed by atoms with Gasteiger partial charge in [0.05, 0.1) is 12.6 Å². The number of hydrogen-bond donors (Lipinski definition) is 3. The minimum Gasteiger partial charge on any atom is -0.453 e. The standard InChI is InChI=1S/C16H22FN3O3/c1-18-9-7-16(6-3-8-19-15(22)23-2)13-10-11(17)4-5-12(13)14(21)20-16/h4-5,10,18H,3,6-9H2,1-2H3,(H,19,22)(H,20,21)/t16-/m1/s1. The van der Waals surface area contributed by atoms with Crippen molar-refractivity contribution in [1.29, 1.82) is 0 Å². The lowest BCUT2D eigenvalue weighted by atomic mass is 9.83. The lowest BCUT2D eigenvalue weighted by molar-refractivity contribution is 0.0919. The van der Waals surface area contributed by atoms with E-state index in [2.05, 4.69) is 20.7 Å². The van der Waals surface area contributed by atoms with E-state index in [-0.39, 0.29) is 11.7 Å². The smallest absolute Gasteiger partial charge is 0.406 e. The third kappa shape index (κ3) is 3.79. The van der Waals surface area contributed by atoms with Gasteiger partial charge >= 0.3 is 6.09 Å². The first-order valence-electron chi connectivity index (χ1n) is 7.61. The quantitative estimate of drug-likeness (QED) is 0.665. The molecule has 0 saturated heterocycles. The maximum Gasteiger partial charge on any atom is 0.406 e. The molecule has 2 amide bonds. The summed E-state index contributed by atoms with van der Waals surface area (Å²) in [7, 11) is 3.13.